The van der Waals surface area contributed by atoms with Crippen molar-refractivity contribution in [3.8, 4) is 23.2 Å². The first-order valence-electron chi connectivity index (χ1n) is 6.62. The summed E-state index contributed by atoms with van der Waals surface area (Å²) in [6.07, 6.45) is 0. The van der Waals surface area contributed by atoms with E-state index in [9.17, 15) is 4.79 Å². The third kappa shape index (κ3) is 2.95. The molecule has 0 amide bonds. The highest BCUT2D eigenvalue weighted by atomic mass is 16.5. The lowest BCUT2D eigenvalue weighted by molar-refractivity contribution is 0.0697. The zero-order chi connectivity index (χ0) is 16.2. The third-order valence-corrected chi connectivity index (χ3v) is 3.07. The maximum atomic E-state index is 10.9. The monoisotopic (exact) mass is 312 g/mol. The minimum Gasteiger partial charge on any atom is -0.493 e. The number of aromatic nitrogens is 4. The Kier molecular flexibility index (Phi) is 3.88. The van der Waals surface area contributed by atoms with Crippen LogP contribution in [0.25, 0.3) is 5.69 Å². The minimum absolute atomic E-state index is 0.137. The summed E-state index contributed by atoms with van der Waals surface area (Å²) in [6, 6.07) is 13.4. The number of hydrogen-bond acceptors (Lipinski definition) is 6. The normalized spacial score (nSPS) is 10.3. The van der Waals surface area contributed by atoms with Crippen LogP contribution in [0.3, 0.4) is 0 Å². The summed E-state index contributed by atoms with van der Waals surface area (Å²) in [5.74, 6) is 0.00948. The molecule has 0 radical (unpaired) electrons. The van der Waals surface area contributed by atoms with Gasteiger partial charge in [0.05, 0.1) is 18.4 Å². The molecule has 0 bridgehead atoms. The predicted octanol–water partition coefficient (Wildman–Crippen LogP) is 2.16. The maximum Gasteiger partial charge on any atom is 0.346 e. The molecule has 1 N–H and O–H groups in total. The van der Waals surface area contributed by atoms with E-state index >= 15 is 0 Å². The number of methoxy groups -OCH3 is 1. The van der Waals surface area contributed by atoms with Crippen molar-refractivity contribution in [2.45, 2.75) is 0 Å². The molecule has 116 valence electrons. The topological polar surface area (TPSA) is 99.4 Å². The van der Waals surface area contributed by atoms with E-state index in [1.165, 1.54) is 23.9 Å². The summed E-state index contributed by atoms with van der Waals surface area (Å²) in [5.41, 5.74) is 0.749. The van der Waals surface area contributed by atoms with Gasteiger partial charge in [-0.3, -0.25) is 0 Å². The molecule has 2 aromatic carbocycles. The average molecular weight is 312 g/mol. The number of para-hydroxylation sites is 2. The molecular formula is C15H12N4O4. The summed E-state index contributed by atoms with van der Waals surface area (Å²) < 4.78 is 12.3. The fraction of sp³-hybridized carbons (Fsp3) is 0.0667. The molecule has 3 rings (SSSR count). The molecule has 0 aliphatic rings. The average Bonchev–Trinajstić information content (AvgIpc) is 3.03. The van der Waals surface area contributed by atoms with Gasteiger partial charge in [-0.25, -0.2) is 4.79 Å². The van der Waals surface area contributed by atoms with E-state index in [4.69, 9.17) is 14.6 Å². The number of carboxylic acids is 1. The van der Waals surface area contributed by atoms with Crippen molar-refractivity contribution < 1.29 is 19.4 Å². The van der Waals surface area contributed by atoms with Gasteiger partial charge < -0.3 is 14.6 Å². The van der Waals surface area contributed by atoms with E-state index in [1.807, 2.05) is 6.07 Å². The molecule has 1 aromatic heterocycles. The fourth-order valence-corrected chi connectivity index (χ4v) is 1.95. The summed E-state index contributed by atoms with van der Waals surface area (Å²) in [4.78, 5) is 10.9. The van der Waals surface area contributed by atoms with Gasteiger partial charge in [-0.2, -0.15) is 4.68 Å². The van der Waals surface area contributed by atoms with Gasteiger partial charge in [-0.05, 0) is 46.8 Å². The molecule has 0 aliphatic carbocycles. The van der Waals surface area contributed by atoms with E-state index < -0.39 is 5.97 Å². The van der Waals surface area contributed by atoms with Gasteiger partial charge in [0.25, 0.3) is 0 Å². The van der Waals surface area contributed by atoms with Crippen molar-refractivity contribution in [2.24, 2.45) is 0 Å². The number of nitrogens with zero attached hydrogens (tertiary/aromatic N) is 4. The summed E-state index contributed by atoms with van der Waals surface area (Å²) >= 11 is 0. The Balaban J connectivity index is 1.92. The first kappa shape index (κ1) is 14.5. The second-order valence-electron chi connectivity index (χ2n) is 4.48. The Hall–Kier alpha value is -3.42. The quantitative estimate of drug-likeness (QED) is 0.770. The molecule has 8 nitrogen and oxygen atoms in total. The van der Waals surface area contributed by atoms with Crippen LogP contribution in [0, 0.1) is 0 Å². The van der Waals surface area contributed by atoms with E-state index in [-0.39, 0.29) is 11.6 Å². The highest BCUT2D eigenvalue weighted by molar-refractivity contribution is 5.87. The number of aromatic carboxylic acids is 1. The molecule has 0 fully saturated rings. The Labute approximate surface area is 130 Å². The summed E-state index contributed by atoms with van der Waals surface area (Å²) in [6.45, 7) is 0. The first-order valence-corrected chi connectivity index (χ1v) is 6.62. The number of carbonyl (C=O) groups is 1. The standard InChI is InChI=1S/C15H12N4O4/c1-22-12-4-2-3-5-13(12)23-15-16-17-18-19(15)11-8-6-10(7-9-11)14(20)21/h2-9H,1H3,(H,20,21). The van der Waals surface area contributed by atoms with E-state index in [0.717, 1.165) is 0 Å². The van der Waals surface area contributed by atoms with Crippen molar-refractivity contribution >= 4 is 5.97 Å². The smallest absolute Gasteiger partial charge is 0.346 e. The van der Waals surface area contributed by atoms with Gasteiger partial charge in [-0.1, -0.05) is 17.2 Å². The lowest BCUT2D eigenvalue weighted by atomic mass is 10.2. The Morgan fingerprint density at radius 1 is 1.09 bits per heavy atom. The molecule has 23 heavy (non-hydrogen) atoms. The molecule has 0 saturated heterocycles. The SMILES string of the molecule is COc1ccccc1Oc1nnnn1-c1ccc(C(=O)O)cc1. The van der Waals surface area contributed by atoms with Crippen LogP contribution in [0.2, 0.25) is 0 Å². The maximum absolute atomic E-state index is 10.9. The number of carboxylic acid groups (broad SMARTS) is 1. The van der Waals surface area contributed by atoms with Crippen LogP contribution in [0.4, 0.5) is 0 Å². The third-order valence-electron chi connectivity index (χ3n) is 3.07. The molecule has 3 aromatic rings. The summed E-state index contributed by atoms with van der Waals surface area (Å²) in [5, 5.41) is 20.2. The van der Waals surface area contributed by atoms with Crippen LogP contribution in [0.1, 0.15) is 10.4 Å². The summed E-state index contributed by atoms with van der Waals surface area (Å²) in [7, 11) is 1.54. The number of hydrogen-bond donors (Lipinski definition) is 1. The molecule has 0 atom stereocenters. The van der Waals surface area contributed by atoms with Crippen molar-refractivity contribution in [1.82, 2.24) is 20.2 Å². The number of rotatable bonds is 5. The van der Waals surface area contributed by atoms with Crippen molar-refractivity contribution in [3.05, 3.63) is 54.1 Å². The lowest BCUT2D eigenvalue weighted by Gasteiger charge is -2.09. The molecule has 0 aliphatic heterocycles. The van der Waals surface area contributed by atoms with E-state index in [2.05, 4.69) is 15.5 Å². The van der Waals surface area contributed by atoms with Gasteiger partial charge in [0, 0.05) is 0 Å². The highest BCUT2D eigenvalue weighted by Crippen LogP contribution is 2.30. The lowest BCUT2D eigenvalue weighted by Crippen LogP contribution is -2.02. The number of benzene rings is 2. The van der Waals surface area contributed by atoms with E-state index in [1.54, 1.807) is 30.3 Å². The predicted molar refractivity (Wildman–Crippen MR) is 79.2 cm³/mol. The van der Waals surface area contributed by atoms with Crippen LogP contribution in [0.15, 0.2) is 48.5 Å². The Morgan fingerprint density at radius 2 is 1.78 bits per heavy atom. The number of ether oxygens (including phenoxy) is 2. The Morgan fingerprint density at radius 3 is 2.43 bits per heavy atom. The van der Waals surface area contributed by atoms with Gasteiger partial charge >= 0.3 is 12.0 Å². The largest absolute Gasteiger partial charge is 0.493 e. The van der Waals surface area contributed by atoms with Crippen molar-refractivity contribution in [1.29, 1.82) is 0 Å². The number of tetrazole rings is 1. The van der Waals surface area contributed by atoms with Crippen molar-refractivity contribution in [2.75, 3.05) is 7.11 Å². The molecule has 0 unspecified atom stereocenters. The van der Waals surface area contributed by atoms with Crippen LogP contribution in [-0.2, 0) is 0 Å². The fourth-order valence-electron chi connectivity index (χ4n) is 1.95. The minimum atomic E-state index is -1.00. The molecule has 0 spiro atoms. The second-order valence-corrected chi connectivity index (χ2v) is 4.48. The van der Waals surface area contributed by atoms with Gasteiger partial charge in [0.2, 0.25) is 0 Å². The second kappa shape index (κ2) is 6.14. The van der Waals surface area contributed by atoms with Gasteiger partial charge in [0.15, 0.2) is 11.5 Å². The van der Waals surface area contributed by atoms with Crippen LogP contribution >= 0.6 is 0 Å². The van der Waals surface area contributed by atoms with Crippen LogP contribution in [-0.4, -0.2) is 38.4 Å². The van der Waals surface area contributed by atoms with Crippen molar-refractivity contribution in [3.63, 3.8) is 0 Å². The zero-order valence-electron chi connectivity index (χ0n) is 12.1. The van der Waals surface area contributed by atoms with Gasteiger partial charge in [0.1, 0.15) is 0 Å². The molecule has 8 heteroatoms. The Bertz CT molecular complexity index is 830. The first-order chi connectivity index (χ1) is 11.2. The van der Waals surface area contributed by atoms with Gasteiger partial charge in [-0.15, -0.1) is 0 Å². The molecular weight excluding hydrogens is 300 g/mol. The van der Waals surface area contributed by atoms with Crippen LogP contribution < -0.4 is 9.47 Å². The highest BCUT2D eigenvalue weighted by Gasteiger charge is 2.13. The zero-order valence-corrected chi connectivity index (χ0v) is 12.1. The van der Waals surface area contributed by atoms with Crippen LogP contribution in [0.5, 0.6) is 17.5 Å². The van der Waals surface area contributed by atoms with E-state index in [0.29, 0.717) is 17.2 Å². The molecule has 1 heterocycles. The molecule has 0 saturated carbocycles.